The standard InChI is InChI=1S/C40H26/c1-2-10-27(11-3-1)30-20-22-37-35-17-6-7-18-36(35)39-26-31(21-23-38(39)40(37)25-30)29-14-8-15-32(24-29)34-19-9-13-28-12-4-5-16-33(28)34/h1-26H. The lowest BCUT2D eigenvalue weighted by Gasteiger charge is -2.14. The first kappa shape index (κ1) is 22.8. The van der Waals surface area contributed by atoms with Crippen LogP contribution in [0.15, 0.2) is 158 Å². The van der Waals surface area contributed by atoms with Gasteiger partial charge in [0.2, 0.25) is 0 Å². The highest BCUT2D eigenvalue weighted by molar-refractivity contribution is 6.26. The Balaban J connectivity index is 1.34. The summed E-state index contributed by atoms with van der Waals surface area (Å²) in [6, 6.07) is 57.5. The van der Waals surface area contributed by atoms with Crippen molar-refractivity contribution in [1.29, 1.82) is 0 Å². The molecule has 8 rings (SSSR count). The van der Waals surface area contributed by atoms with Crippen LogP contribution in [0.3, 0.4) is 0 Å². The van der Waals surface area contributed by atoms with Crippen molar-refractivity contribution in [3.05, 3.63) is 158 Å². The minimum absolute atomic E-state index is 1.23. The van der Waals surface area contributed by atoms with E-state index in [-0.39, 0.29) is 0 Å². The van der Waals surface area contributed by atoms with Gasteiger partial charge in [0.15, 0.2) is 0 Å². The highest BCUT2D eigenvalue weighted by Crippen LogP contribution is 2.39. The average Bonchev–Trinajstić information content (AvgIpc) is 3.04. The topological polar surface area (TPSA) is 0 Å². The van der Waals surface area contributed by atoms with Gasteiger partial charge >= 0.3 is 0 Å². The largest absolute Gasteiger partial charge is 0.0622 e. The summed E-state index contributed by atoms with van der Waals surface area (Å²) in [5, 5.41) is 10.3. The predicted molar refractivity (Wildman–Crippen MR) is 173 cm³/mol. The molecular formula is C40H26. The zero-order valence-corrected chi connectivity index (χ0v) is 22.0. The molecule has 0 aliphatic rings. The maximum atomic E-state index is 2.38. The van der Waals surface area contributed by atoms with Crippen LogP contribution < -0.4 is 0 Å². The van der Waals surface area contributed by atoms with Gasteiger partial charge in [-0.25, -0.2) is 0 Å². The van der Waals surface area contributed by atoms with Crippen molar-refractivity contribution in [1.82, 2.24) is 0 Å². The maximum Gasteiger partial charge on any atom is -0.00928 e. The van der Waals surface area contributed by atoms with Crippen LogP contribution in [-0.4, -0.2) is 0 Å². The molecule has 8 aromatic carbocycles. The fraction of sp³-hybridized carbons (Fsp3) is 0. The Morgan fingerprint density at radius 2 is 0.700 bits per heavy atom. The van der Waals surface area contributed by atoms with Gasteiger partial charge < -0.3 is 0 Å². The highest BCUT2D eigenvalue weighted by Gasteiger charge is 2.12. The van der Waals surface area contributed by atoms with Crippen LogP contribution in [-0.2, 0) is 0 Å². The van der Waals surface area contributed by atoms with Crippen LogP contribution in [0.25, 0.3) is 76.5 Å². The Morgan fingerprint density at radius 1 is 0.225 bits per heavy atom. The Bertz CT molecular complexity index is 2200. The Kier molecular flexibility index (Phi) is 5.24. The lowest BCUT2D eigenvalue weighted by atomic mass is 9.90. The first-order valence-electron chi connectivity index (χ1n) is 13.9. The van der Waals surface area contributed by atoms with E-state index in [0.717, 1.165) is 0 Å². The Hall–Kier alpha value is -5.20. The summed E-state index contributed by atoms with van der Waals surface area (Å²) in [5.74, 6) is 0. The molecular weight excluding hydrogens is 480 g/mol. The summed E-state index contributed by atoms with van der Waals surface area (Å²) in [4.78, 5) is 0. The second-order valence-electron chi connectivity index (χ2n) is 10.5. The molecule has 0 heterocycles. The van der Waals surface area contributed by atoms with Gasteiger partial charge in [0.1, 0.15) is 0 Å². The monoisotopic (exact) mass is 506 g/mol. The van der Waals surface area contributed by atoms with E-state index in [1.54, 1.807) is 0 Å². The van der Waals surface area contributed by atoms with E-state index in [1.807, 2.05) is 0 Å². The second-order valence-corrected chi connectivity index (χ2v) is 10.5. The SMILES string of the molecule is c1ccc(-c2ccc3c4ccccc4c4cc(-c5cccc(-c6cccc7ccccc67)c5)ccc4c3c2)cc1. The summed E-state index contributed by atoms with van der Waals surface area (Å²) in [6.45, 7) is 0. The van der Waals surface area contributed by atoms with Crippen molar-refractivity contribution in [2.24, 2.45) is 0 Å². The third-order valence-electron chi connectivity index (χ3n) is 8.24. The van der Waals surface area contributed by atoms with Crippen LogP contribution in [0.1, 0.15) is 0 Å². The summed E-state index contributed by atoms with van der Waals surface area (Å²) < 4.78 is 0. The molecule has 0 aliphatic carbocycles. The third-order valence-corrected chi connectivity index (χ3v) is 8.24. The van der Waals surface area contributed by atoms with E-state index in [1.165, 1.54) is 76.5 Å². The van der Waals surface area contributed by atoms with E-state index in [9.17, 15) is 0 Å². The molecule has 0 unspecified atom stereocenters. The van der Waals surface area contributed by atoms with E-state index in [0.29, 0.717) is 0 Å². The van der Waals surface area contributed by atoms with Gasteiger partial charge in [-0.15, -0.1) is 0 Å². The molecule has 186 valence electrons. The number of fused-ring (bicyclic) bond motifs is 7. The number of hydrogen-bond acceptors (Lipinski definition) is 0. The van der Waals surface area contributed by atoms with Crippen molar-refractivity contribution in [2.75, 3.05) is 0 Å². The fourth-order valence-corrected chi connectivity index (χ4v) is 6.29. The molecule has 0 nitrogen and oxygen atoms in total. The minimum atomic E-state index is 1.23. The van der Waals surface area contributed by atoms with Gasteiger partial charge in [-0.05, 0) is 94.7 Å². The van der Waals surface area contributed by atoms with Crippen molar-refractivity contribution in [2.45, 2.75) is 0 Å². The third kappa shape index (κ3) is 3.69. The molecule has 40 heavy (non-hydrogen) atoms. The van der Waals surface area contributed by atoms with Gasteiger partial charge in [-0.3, -0.25) is 0 Å². The fourth-order valence-electron chi connectivity index (χ4n) is 6.29. The summed E-state index contributed by atoms with van der Waals surface area (Å²) in [7, 11) is 0. The Morgan fingerprint density at radius 3 is 1.48 bits per heavy atom. The number of rotatable bonds is 3. The molecule has 0 radical (unpaired) electrons. The van der Waals surface area contributed by atoms with Gasteiger partial charge in [-0.1, -0.05) is 140 Å². The summed E-state index contributed by atoms with van der Waals surface area (Å²) in [6.07, 6.45) is 0. The zero-order chi connectivity index (χ0) is 26.5. The molecule has 0 fully saturated rings. The van der Waals surface area contributed by atoms with E-state index >= 15 is 0 Å². The van der Waals surface area contributed by atoms with Crippen molar-refractivity contribution in [3.63, 3.8) is 0 Å². The first-order chi connectivity index (χ1) is 19.8. The van der Waals surface area contributed by atoms with E-state index in [2.05, 4.69) is 158 Å². The van der Waals surface area contributed by atoms with E-state index in [4.69, 9.17) is 0 Å². The van der Waals surface area contributed by atoms with Crippen LogP contribution in [0, 0.1) is 0 Å². The molecule has 0 aromatic heterocycles. The van der Waals surface area contributed by atoms with E-state index < -0.39 is 0 Å². The van der Waals surface area contributed by atoms with Crippen molar-refractivity contribution in [3.8, 4) is 33.4 Å². The molecule has 0 bridgehead atoms. The second kappa shape index (κ2) is 9.22. The van der Waals surface area contributed by atoms with Gasteiger partial charge in [0.25, 0.3) is 0 Å². The molecule has 0 saturated heterocycles. The van der Waals surface area contributed by atoms with Crippen LogP contribution in [0.4, 0.5) is 0 Å². The van der Waals surface area contributed by atoms with Crippen LogP contribution in [0.2, 0.25) is 0 Å². The van der Waals surface area contributed by atoms with Crippen LogP contribution >= 0.6 is 0 Å². The maximum absolute atomic E-state index is 2.38. The van der Waals surface area contributed by atoms with Gasteiger partial charge in [0.05, 0.1) is 0 Å². The number of benzene rings is 8. The van der Waals surface area contributed by atoms with Gasteiger partial charge in [0, 0.05) is 0 Å². The molecule has 0 N–H and O–H groups in total. The lowest BCUT2D eigenvalue weighted by molar-refractivity contribution is 1.62. The molecule has 0 heteroatoms. The normalized spacial score (nSPS) is 11.5. The van der Waals surface area contributed by atoms with Crippen molar-refractivity contribution >= 4 is 43.1 Å². The Labute approximate surface area is 233 Å². The summed E-state index contributed by atoms with van der Waals surface area (Å²) in [5.41, 5.74) is 7.47. The summed E-state index contributed by atoms with van der Waals surface area (Å²) >= 11 is 0. The van der Waals surface area contributed by atoms with Gasteiger partial charge in [-0.2, -0.15) is 0 Å². The molecule has 0 spiro atoms. The predicted octanol–water partition coefficient (Wildman–Crippen LogP) is 11.3. The molecule has 0 amide bonds. The van der Waals surface area contributed by atoms with Crippen LogP contribution in [0.5, 0.6) is 0 Å². The lowest BCUT2D eigenvalue weighted by Crippen LogP contribution is -1.87. The zero-order valence-electron chi connectivity index (χ0n) is 22.0. The molecule has 8 aromatic rings. The molecule has 0 aliphatic heterocycles. The average molecular weight is 507 g/mol. The number of hydrogen-bond donors (Lipinski definition) is 0. The first-order valence-corrected chi connectivity index (χ1v) is 13.9. The highest BCUT2D eigenvalue weighted by atomic mass is 14.2. The quantitative estimate of drug-likeness (QED) is 0.209. The minimum Gasteiger partial charge on any atom is -0.0622 e. The smallest absolute Gasteiger partial charge is 0.00928 e. The molecule has 0 saturated carbocycles. The van der Waals surface area contributed by atoms with Crippen molar-refractivity contribution < 1.29 is 0 Å². The molecule has 0 atom stereocenters.